The molecule has 0 bridgehead atoms. The summed E-state index contributed by atoms with van der Waals surface area (Å²) in [6.07, 6.45) is 3.43. The largest absolute Gasteiger partial charge is 0.467 e. The maximum atomic E-state index is 12.2. The average Bonchev–Trinajstić information content (AvgIpc) is 2.48. The van der Waals surface area contributed by atoms with Crippen molar-refractivity contribution in [1.29, 1.82) is 0 Å². The molecular formula is C16H22N2O3. The molecule has 1 aliphatic carbocycles. The van der Waals surface area contributed by atoms with E-state index >= 15 is 0 Å². The van der Waals surface area contributed by atoms with Crippen LogP contribution in [-0.2, 0) is 14.3 Å². The van der Waals surface area contributed by atoms with E-state index in [-0.39, 0.29) is 11.3 Å². The summed E-state index contributed by atoms with van der Waals surface area (Å²) in [7, 11) is 1.32. The quantitative estimate of drug-likeness (QED) is 0.779. The van der Waals surface area contributed by atoms with Gasteiger partial charge in [-0.1, -0.05) is 36.8 Å². The van der Waals surface area contributed by atoms with Crippen LogP contribution in [0.4, 0.5) is 0 Å². The molecule has 1 aliphatic rings. The lowest BCUT2D eigenvalue weighted by molar-refractivity contribution is -0.145. The van der Waals surface area contributed by atoms with Gasteiger partial charge in [0.15, 0.2) is 6.04 Å². The second kappa shape index (κ2) is 6.72. The minimum Gasteiger partial charge on any atom is -0.467 e. The highest BCUT2D eigenvalue weighted by Crippen LogP contribution is 2.42. The summed E-state index contributed by atoms with van der Waals surface area (Å²) in [4.78, 5) is 24.1. The number of nitrogens with one attached hydrogen (secondary N) is 1. The highest BCUT2D eigenvalue weighted by atomic mass is 16.5. The van der Waals surface area contributed by atoms with Crippen LogP contribution in [0.15, 0.2) is 30.3 Å². The molecule has 0 aromatic heterocycles. The molecule has 5 heteroatoms. The zero-order valence-corrected chi connectivity index (χ0v) is 12.3. The van der Waals surface area contributed by atoms with Gasteiger partial charge in [0, 0.05) is 6.42 Å². The van der Waals surface area contributed by atoms with Crippen molar-refractivity contribution in [2.45, 2.75) is 31.7 Å². The molecule has 0 saturated heterocycles. The van der Waals surface area contributed by atoms with Crippen LogP contribution in [0.3, 0.4) is 0 Å². The Balaban J connectivity index is 2.05. The Morgan fingerprint density at radius 2 is 2.00 bits per heavy atom. The number of carbonyl (C=O) groups is 2. The average molecular weight is 290 g/mol. The first-order valence-electron chi connectivity index (χ1n) is 7.22. The fourth-order valence-electron chi connectivity index (χ4n) is 2.72. The molecule has 3 N–H and O–H groups in total. The van der Waals surface area contributed by atoms with Crippen LogP contribution in [0, 0.1) is 5.41 Å². The summed E-state index contributed by atoms with van der Waals surface area (Å²) in [6.45, 7) is 0.509. The lowest BCUT2D eigenvalue weighted by Crippen LogP contribution is -2.43. The Hall–Kier alpha value is -1.88. The molecule has 0 spiro atoms. The Morgan fingerprint density at radius 3 is 2.48 bits per heavy atom. The van der Waals surface area contributed by atoms with E-state index in [1.54, 1.807) is 12.1 Å². The predicted octanol–water partition coefficient (Wildman–Crippen LogP) is 1.54. The zero-order valence-electron chi connectivity index (χ0n) is 12.3. The van der Waals surface area contributed by atoms with Crippen LogP contribution in [0.25, 0.3) is 0 Å². The second-order valence-electron chi connectivity index (χ2n) is 5.67. The van der Waals surface area contributed by atoms with E-state index < -0.39 is 12.0 Å². The molecule has 1 saturated carbocycles. The lowest BCUT2D eigenvalue weighted by atomic mass is 9.66. The fourth-order valence-corrected chi connectivity index (χ4v) is 2.72. The number of hydrogen-bond acceptors (Lipinski definition) is 4. The summed E-state index contributed by atoms with van der Waals surface area (Å²) in [6, 6.07) is 8.33. The molecule has 1 atom stereocenters. The summed E-state index contributed by atoms with van der Waals surface area (Å²) in [5.41, 5.74) is 6.41. The highest BCUT2D eigenvalue weighted by Gasteiger charge is 2.38. The van der Waals surface area contributed by atoms with Crippen LogP contribution in [0.2, 0.25) is 0 Å². The Morgan fingerprint density at radius 1 is 1.33 bits per heavy atom. The number of methoxy groups -OCH3 is 1. The third-order valence-electron chi connectivity index (χ3n) is 4.26. The predicted molar refractivity (Wildman–Crippen MR) is 79.3 cm³/mol. The smallest absolute Gasteiger partial charge is 0.333 e. The lowest BCUT2D eigenvalue weighted by Gasteiger charge is -2.40. The topological polar surface area (TPSA) is 81.4 Å². The number of benzene rings is 1. The van der Waals surface area contributed by atoms with E-state index in [0.29, 0.717) is 18.5 Å². The molecule has 1 amide bonds. The van der Waals surface area contributed by atoms with Gasteiger partial charge < -0.3 is 15.8 Å². The number of nitrogens with two attached hydrogens (primary N) is 1. The van der Waals surface area contributed by atoms with Crippen LogP contribution >= 0.6 is 0 Å². The first kappa shape index (κ1) is 15.5. The van der Waals surface area contributed by atoms with E-state index in [1.165, 1.54) is 7.11 Å². The summed E-state index contributed by atoms with van der Waals surface area (Å²) < 4.78 is 4.79. The van der Waals surface area contributed by atoms with E-state index in [9.17, 15) is 9.59 Å². The summed E-state index contributed by atoms with van der Waals surface area (Å²) >= 11 is 0. The minimum absolute atomic E-state index is 0.0819. The van der Waals surface area contributed by atoms with Crippen LogP contribution in [0.1, 0.15) is 37.3 Å². The molecule has 1 aromatic carbocycles. The first-order valence-corrected chi connectivity index (χ1v) is 7.22. The van der Waals surface area contributed by atoms with Crippen LogP contribution < -0.4 is 11.1 Å². The van der Waals surface area contributed by atoms with Crippen LogP contribution in [-0.4, -0.2) is 25.5 Å². The molecule has 1 fully saturated rings. The minimum atomic E-state index is -0.765. The maximum absolute atomic E-state index is 12.2. The number of esters is 1. The number of ether oxygens (including phenoxy) is 1. The first-order chi connectivity index (χ1) is 10.1. The van der Waals surface area contributed by atoms with Crippen molar-refractivity contribution in [3.8, 4) is 0 Å². The van der Waals surface area contributed by atoms with E-state index in [2.05, 4.69) is 5.32 Å². The van der Waals surface area contributed by atoms with E-state index in [4.69, 9.17) is 10.5 Å². The maximum Gasteiger partial charge on any atom is 0.333 e. The molecule has 2 rings (SSSR count). The number of amides is 1. The van der Waals surface area contributed by atoms with Gasteiger partial charge in [0.25, 0.3) is 0 Å². The molecule has 0 radical (unpaired) electrons. The van der Waals surface area contributed by atoms with Crippen LogP contribution in [0.5, 0.6) is 0 Å². The van der Waals surface area contributed by atoms with Gasteiger partial charge in [-0.05, 0) is 30.4 Å². The molecule has 1 aromatic rings. The van der Waals surface area contributed by atoms with Gasteiger partial charge in [-0.15, -0.1) is 0 Å². The third-order valence-corrected chi connectivity index (χ3v) is 4.26. The monoisotopic (exact) mass is 290 g/mol. The van der Waals surface area contributed by atoms with Crippen molar-refractivity contribution >= 4 is 11.9 Å². The van der Waals surface area contributed by atoms with Gasteiger partial charge in [0.2, 0.25) is 5.91 Å². The highest BCUT2D eigenvalue weighted by molar-refractivity contribution is 5.85. The molecule has 21 heavy (non-hydrogen) atoms. The molecular weight excluding hydrogens is 268 g/mol. The van der Waals surface area contributed by atoms with Gasteiger partial charge in [0.05, 0.1) is 7.11 Å². The molecule has 1 unspecified atom stereocenters. The zero-order chi connectivity index (χ0) is 15.3. The van der Waals surface area contributed by atoms with Gasteiger partial charge in [0.1, 0.15) is 0 Å². The molecule has 5 nitrogen and oxygen atoms in total. The third kappa shape index (κ3) is 3.61. The van der Waals surface area contributed by atoms with Crippen molar-refractivity contribution in [2.24, 2.45) is 11.1 Å². The van der Waals surface area contributed by atoms with Crippen molar-refractivity contribution < 1.29 is 14.3 Å². The number of carbonyl (C=O) groups excluding carboxylic acids is 2. The van der Waals surface area contributed by atoms with Crippen molar-refractivity contribution in [1.82, 2.24) is 5.32 Å². The number of rotatable bonds is 6. The Bertz CT molecular complexity index is 492. The van der Waals surface area contributed by atoms with Crippen molar-refractivity contribution in [3.05, 3.63) is 35.9 Å². The normalized spacial score (nSPS) is 17.4. The Kier molecular flexibility index (Phi) is 4.96. The van der Waals surface area contributed by atoms with Gasteiger partial charge in [-0.3, -0.25) is 4.79 Å². The molecule has 114 valence electrons. The standard InChI is InChI=1S/C16H22N2O3/c1-21-15(20)14(12-6-3-2-4-7-12)18-13(19)10-16(11-17)8-5-9-16/h2-4,6-7,14H,5,8-11,17H2,1H3,(H,18,19). The van der Waals surface area contributed by atoms with Crippen molar-refractivity contribution in [2.75, 3.05) is 13.7 Å². The van der Waals surface area contributed by atoms with E-state index in [0.717, 1.165) is 19.3 Å². The number of hydrogen-bond donors (Lipinski definition) is 2. The SMILES string of the molecule is COC(=O)C(NC(=O)CC1(CN)CCC1)c1ccccc1. The Labute approximate surface area is 124 Å². The summed E-state index contributed by atoms with van der Waals surface area (Å²) in [5, 5.41) is 2.77. The van der Waals surface area contributed by atoms with Gasteiger partial charge in [-0.25, -0.2) is 4.79 Å². The molecule has 0 heterocycles. The van der Waals surface area contributed by atoms with Gasteiger partial charge in [-0.2, -0.15) is 0 Å². The van der Waals surface area contributed by atoms with Gasteiger partial charge >= 0.3 is 5.97 Å². The van der Waals surface area contributed by atoms with E-state index in [1.807, 2.05) is 18.2 Å². The fraction of sp³-hybridized carbons (Fsp3) is 0.500. The summed E-state index contributed by atoms with van der Waals surface area (Å²) in [5.74, 6) is -0.621. The van der Waals surface area contributed by atoms with Crippen molar-refractivity contribution in [3.63, 3.8) is 0 Å². The molecule has 0 aliphatic heterocycles. The second-order valence-corrected chi connectivity index (χ2v) is 5.67.